The zero-order chi connectivity index (χ0) is 9.97. The Morgan fingerprint density at radius 2 is 1.86 bits per heavy atom. The van der Waals surface area contributed by atoms with Gasteiger partial charge in [0.1, 0.15) is 0 Å². The number of nitrogens with zero attached hydrogens (tertiary/aromatic N) is 2. The third-order valence-corrected chi connectivity index (χ3v) is 4.57. The van der Waals surface area contributed by atoms with Gasteiger partial charge >= 0.3 is 0 Å². The van der Waals surface area contributed by atoms with E-state index in [2.05, 4.69) is 32.8 Å². The maximum atomic E-state index is 3.70. The summed E-state index contributed by atoms with van der Waals surface area (Å²) in [6.07, 6.45) is 5.47. The summed E-state index contributed by atoms with van der Waals surface area (Å²) < 4.78 is 0. The van der Waals surface area contributed by atoms with Crippen LogP contribution in [0.2, 0.25) is 0 Å². The van der Waals surface area contributed by atoms with Crippen molar-refractivity contribution in [3.63, 3.8) is 0 Å². The van der Waals surface area contributed by atoms with Crippen LogP contribution in [0.1, 0.15) is 25.7 Å². The second-order valence-corrected chi connectivity index (χ2v) is 6.05. The van der Waals surface area contributed by atoms with E-state index in [0.29, 0.717) is 0 Å². The first-order chi connectivity index (χ1) is 6.75. The van der Waals surface area contributed by atoms with Crippen molar-refractivity contribution in [3.8, 4) is 0 Å². The average Bonchev–Trinajstić information content (AvgIpc) is 2.56. The summed E-state index contributed by atoms with van der Waals surface area (Å²) in [5, 5.41) is 0. The van der Waals surface area contributed by atoms with Gasteiger partial charge in [-0.3, -0.25) is 0 Å². The molecule has 0 N–H and O–H groups in total. The highest BCUT2D eigenvalue weighted by Gasteiger charge is 2.25. The van der Waals surface area contributed by atoms with Crippen molar-refractivity contribution in [1.82, 2.24) is 9.80 Å². The summed E-state index contributed by atoms with van der Waals surface area (Å²) in [6, 6.07) is 0.835. The van der Waals surface area contributed by atoms with Gasteiger partial charge in [0.2, 0.25) is 0 Å². The van der Waals surface area contributed by atoms with Crippen LogP contribution in [0.5, 0.6) is 0 Å². The monoisotopic (exact) mass is 260 g/mol. The molecule has 82 valence electrons. The maximum absolute atomic E-state index is 3.70. The Labute approximate surface area is 95.8 Å². The van der Waals surface area contributed by atoms with Crippen molar-refractivity contribution in [2.75, 3.05) is 33.2 Å². The fourth-order valence-electron chi connectivity index (χ4n) is 2.59. The van der Waals surface area contributed by atoms with Crippen molar-refractivity contribution in [2.24, 2.45) is 0 Å². The highest BCUT2D eigenvalue weighted by molar-refractivity contribution is 9.09. The highest BCUT2D eigenvalue weighted by Crippen LogP contribution is 2.21. The van der Waals surface area contributed by atoms with Crippen LogP contribution in [-0.4, -0.2) is 53.9 Å². The van der Waals surface area contributed by atoms with E-state index in [0.717, 1.165) is 10.9 Å². The van der Waals surface area contributed by atoms with Gasteiger partial charge in [-0.05, 0) is 52.4 Å². The molecule has 0 aliphatic carbocycles. The molecule has 0 radical (unpaired) electrons. The molecule has 2 saturated heterocycles. The number of likely N-dealkylation sites (tertiary alicyclic amines) is 2. The predicted molar refractivity (Wildman–Crippen MR) is 64.0 cm³/mol. The van der Waals surface area contributed by atoms with Crippen LogP contribution >= 0.6 is 15.9 Å². The molecule has 2 fully saturated rings. The van der Waals surface area contributed by atoms with Gasteiger partial charge in [-0.25, -0.2) is 0 Å². The van der Waals surface area contributed by atoms with E-state index in [1.807, 2.05) is 0 Å². The number of piperidine rings is 1. The second-order valence-electron chi connectivity index (χ2n) is 4.75. The maximum Gasteiger partial charge on any atom is 0.0220 e. The molecule has 1 atom stereocenters. The van der Waals surface area contributed by atoms with Gasteiger partial charge in [0.15, 0.2) is 0 Å². The lowest BCUT2D eigenvalue weighted by Gasteiger charge is -2.33. The summed E-state index contributed by atoms with van der Waals surface area (Å²) in [4.78, 5) is 5.95. The fraction of sp³-hybridized carbons (Fsp3) is 1.00. The Morgan fingerprint density at radius 1 is 1.14 bits per heavy atom. The van der Waals surface area contributed by atoms with Crippen molar-refractivity contribution >= 4 is 15.9 Å². The summed E-state index contributed by atoms with van der Waals surface area (Å²) in [5.41, 5.74) is 0. The number of halogens is 1. The molecule has 2 rings (SSSR count). The van der Waals surface area contributed by atoms with Gasteiger partial charge in [0, 0.05) is 17.4 Å². The van der Waals surface area contributed by atoms with Gasteiger partial charge in [0.05, 0.1) is 0 Å². The molecule has 2 heterocycles. The summed E-state index contributed by atoms with van der Waals surface area (Å²) >= 11 is 3.70. The van der Waals surface area contributed by atoms with E-state index in [1.165, 1.54) is 51.9 Å². The second kappa shape index (κ2) is 4.95. The molecular weight excluding hydrogens is 240 g/mol. The minimum Gasteiger partial charge on any atom is -0.302 e. The van der Waals surface area contributed by atoms with Gasteiger partial charge < -0.3 is 9.80 Å². The third kappa shape index (κ3) is 2.71. The Balaban J connectivity index is 1.74. The van der Waals surface area contributed by atoms with E-state index in [1.54, 1.807) is 0 Å². The minimum atomic E-state index is 0.778. The van der Waals surface area contributed by atoms with Crippen LogP contribution < -0.4 is 0 Å². The molecule has 2 nitrogen and oxygen atoms in total. The zero-order valence-corrected chi connectivity index (χ0v) is 10.7. The molecule has 0 spiro atoms. The van der Waals surface area contributed by atoms with Crippen molar-refractivity contribution in [2.45, 2.75) is 36.6 Å². The quantitative estimate of drug-likeness (QED) is 0.701. The number of rotatable bonds is 2. The van der Waals surface area contributed by atoms with Crippen LogP contribution in [0.25, 0.3) is 0 Å². The lowest BCUT2D eigenvalue weighted by molar-refractivity contribution is 0.172. The first-order valence-electron chi connectivity index (χ1n) is 5.82. The van der Waals surface area contributed by atoms with Crippen LogP contribution in [0, 0.1) is 0 Å². The zero-order valence-electron chi connectivity index (χ0n) is 9.08. The van der Waals surface area contributed by atoms with E-state index in [4.69, 9.17) is 0 Å². The molecule has 3 heteroatoms. The smallest absolute Gasteiger partial charge is 0.0220 e. The Bertz CT molecular complexity index is 178. The number of hydrogen-bond acceptors (Lipinski definition) is 2. The summed E-state index contributed by atoms with van der Waals surface area (Å²) in [6.45, 7) is 5.19. The lowest BCUT2D eigenvalue weighted by atomic mass is 10.1. The topological polar surface area (TPSA) is 6.48 Å². The predicted octanol–water partition coefficient (Wildman–Crippen LogP) is 1.94. The molecular formula is C11H21BrN2. The Hall–Kier alpha value is 0.400. The Kier molecular flexibility index (Phi) is 3.86. The molecule has 1 unspecified atom stereocenters. The fourth-order valence-corrected chi connectivity index (χ4v) is 3.00. The van der Waals surface area contributed by atoms with E-state index < -0.39 is 0 Å². The molecule has 0 aromatic rings. The van der Waals surface area contributed by atoms with Crippen molar-refractivity contribution < 1.29 is 0 Å². The van der Waals surface area contributed by atoms with Gasteiger partial charge in [0.25, 0.3) is 0 Å². The first kappa shape index (κ1) is 10.9. The summed E-state index contributed by atoms with van der Waals surface area (Å²) in [5.74, 6) is 0. The first-order valence-corrected chi connectivity index (χ1v) is 6.74. The number of hydrogen-bond donors (Lipinski definition) is 0. The highest BCUT2D eigenvalue weighted by atomic mass is 79.9. The molecule has 14 heavy (non-hydrogen) atoms. The van der Waals surface area contributed by atoms with Crippen LogP contribution in [-0.2, 0) is 0 Å². The molecule has 0 amide bonds. The SMILES string of the molecule is CN1CCCC1CN1CCC(Br)CC1. The summed E-state index contributed by atoms with van der Waals surface area (Å²) in [7, 11) is 2.27. The van der Waals surface area contributed by atoms with Crippen molar-refractivity contribution in [3.05, 3.63) is 0 Å². The standard InChI is InChI=1S/C11H21BrN2/c1-13-6-2-3-11(13)9-14-7-4-10(12)5-8-14/h10-11H,2-9H2,1H3. The third-order valence-electron chi connectivity index (χ3n) is 3.66. The van der Waals surface area contributed by atoms with Gasteiger partial charge in [-0.2, -0.15) is 0 Å². The van der Waals surface area contributed by atoms with Crippen LogP contribution in [0.15, 0.2) is 0 Å². The molecule has 0 aromatic carbocycles. The largest absolute Gasteiger partial charge is 0.302 e. The number of alkyl halides is 1. The lowest BCUT2D eigenvalue weighted by Crippen LogP contribution is -2.42. The minimum absolute atomic E-state index is 0.778. The normalized spacial score (nSPS) is 32.6. The molecule has 2 aliphatic rings. The van der Waals surface area contributed by atoms with E-state index >= 15 is 0 Å². The van der Waals surface area contributed by atoms with Crippen molar-refractivity contribution in [1.29, 1.82) is 0 Å². The van der Waals surface area contributed by atoms with Crippen LogP contribution in [0.4, 0.5) is 0 Å². The number of likely N-dealkylation sites (N-methyl/N-ethyl adjacent to an activating group) is 1. The van der Waals surface area contributed by atoms with E-state index in [-0.39, 0.29) is 0 Å². The molecule has 2 aliphatic heterocycles. The average molecular weight is 261 g/mol. The Morgan fingerprint density at radius 3 is 2.43 bits per heavy atom. The van der Waals surface area contributed by atoms with E-state index in [9.17, 15) is 0 Å². The molecule has 0 bridgehead atoms. The molecule has 0 saturated carbocycles. The van der Waals surface area contributed by atoms with Crippen LogP contribution in [0.3, 0.4) is 0 Å². The van der Waals surface area contributed by atoms with Gasteiger partial charge in [-0.1, -0.05) is 15.9 Å². The molecule has 0 aromatic heterocycles. The van der Waals surface area contributed by atoms with Gasteiger partial charge in [-0.15, -0.1) is 0 Å².